The number of benzene rings is 4. The molecule has 4 aromatic carbocycles. The van der Waals surface area contributed by atoms with Crippen molar-refractivity contribution in [2.75, 3.05) is 0 Å². The van der Waals surface area contributed by atoms with Crippen molar-refractivity contribution >= 4 is 74.1 Å². The molecule has 0 N–H and O–H groups in total. The Hall–Kier alpha value is -1.93. The van der Waals surface area contributed by atoms with Crippen LogP contribution in [0, 0.1) is 0 Å². The zero-order valence-electron chi connectivity index (χ0n) is 17.9. The van der Waals surface area contributed by atoms with Gasteiger partial charge in [-0.05, 0) is 0 Å². The van der Waals surface area contributed by atoms with Crippen LogP contribution in [0.2, 0.25) is 0 Å². The van der Waals surface area contributed by atoms with E-state index in [4.69, 9.17) is 46.0 Å². The number of hydrogen-bond acceptors (Lipinski definition) is 1. The maximum atomic E-state index is 17.6. The van der Waals surface area contributed by atoms with Crippen molar-refractivity contribution in [3.05, 3.63) is 127 Å². The Morgan fingerprint density at radius 3 is 1.26 bits per heavy atom. The topological polar surface area (TPSA) is 12.4 Å². The van der Waals surface area contributed by atoms with Gasteiger partial charge in [-0.3, -0.25) is 0 Å². The van der Waals surface area contributed by atoms with Crippen molar-refractivity contribution in [2.24, 2.45) is 4.99 Å². The van der Waals surface area contributed by atoms with Crippen LogP contribution in [-0.4, -0.2) is 15.5 Å². The molecule has 0 aromatic heterocycles. The molecule has 4 aromatic rings. The molecule has 0 fully saturated rings. The number of rotatable bonds is 7. The van der Waals surface area contributed by atoms with Gasteiger partial charge in [-0.2, -0.15) is 0 Å². The zero-order valence-corrected chi connectivity index (χ0v) is 21.8. The maximum absolute atomic E-state index is 17.6. The predicted octanol–water partition coefficient (Wildman–Crippen LogP) is 7.78. The summed E-state index contributed by atoms with van der Waals surface area (Å²) in [6, 6.07) is 35.9. The summed E-state index contributed by atoms with van der Waals surface area (Å²) in [5.41, 5.74) is 0.690. The number of hydrogen-bond donors (Lipinski definition) is 0. The van der Waals surface area contributed by atoms with Crippen molar-refractivity contribution in [1.29, 1.82) is 0 Å². The molecular weight excluding hydrogens is 530 g/mol. The van der Waals surface area contributed by atoms with Gasteiger partial charge in [0.15, 0.2) is 0 Å². The molecule has 1 atom stereocenters. The van der Waals surface area contributed by atoms with E-state index in [1.807, 2.05) is 36.4 Å². The molecule has 0 aliphatic heterocycles. The van der Waals surface area contributed by atoms with Crippen LogP contribution < -0.4 is 15.9 Å². The number of aliphatic imine (C=N–C) groups is 1. The van der Waals surface area contributed by atoms with E-state index in [-0.39, 0.29) is 0 Å². The van der Waals surface area contributed by atoms with E-state index in [0.29, 0.717) is 21.5 Å². The monoisotopic (exact) mass is 549 g/mol. The van der Waals surface area contributed by atoms with Crippen molar-refractivity contribution in [3.63, 3.8) is 0 Å². The Balaban J connectivity index is 2.08. The van der Waals surface area contributed by atoms with Crippen molar-refractivity contribution in [1.82, 2.24) is 0 Å². The quantitative estimate of drug-likeness (QED) is 0.0963. The van der Waals surface area contributed by atoms with Gasteiger partial charge < -0.3 is 0 Å². The van der Waals surface area contributed by atoms with Gasteiger partial charge in [0.2, 0.25) is 0 Å². The van der Waals surface area contributed by atoms with Crippen LogP contribution in [-0.2, 0) is 0 Å². The van der Waals surface area contributed by atoms with Crippen LogP contribution in [0.3, 0.4) is 0 Å². The summed E-state index contributed by atoms with van der Waals surface area (Å²) < 4.78 is 15.2. The first kappa shape index (κ1) is 25.2. The average Bonchev–Trinajstić information content (AvgIpc) is 2.89. The van der Waals surface area contributed by atoms with Gasteiger partial charge in [0.05, 0.1) is 0 Å². The predicted molar refractivity (Wildman–Crippen MR) is 149 cm³/mol. The summed E-state index contributed by atoms with van der Waals surface area (Å²) in [4.78, 5) is 1.27. The van der Waals surface area contributed by atoms with E-state index in [2.05, 4.69) is 4.99 Å². The van der Waals surface area contributed by atoms with E-state index >= 15 is 4.39 Å². The van der Waals surface area contributed by atoms with Gasteiger partial charge >= 0.3 is 220 Å². The molecule has 0 aliphatic rings. The van der Waals surface area contributed by atoms with Crippen LogP contribution in [0.25, 0.3) is 0 Å². The summed E-state index contributed by atoms with van der Waals surface area (Å²) in [5.74, 6) is -4.76. The van der Waals surface area contributed by atoms with Gasteiger partial charge in [-0.25, -0.2) is 0 Å². The van der Waals surface area contributed by atoms with Crippen molar-refractivity contribution in [3.8, 4) is 0 Å². The molecule has 174 valence electrons. The fourth-order valence-corrected chi connectivity index (χ4v) is 12.4. The molecule has 0 aliphatic carbocycles. The molecule has 1 unspecified atom stereocenters. The summed E-state index contributed by atoms with van der Waals surface area (Å²) in [5, 5.41) is 1.43. The Morgan fingerprint density at radius 1 is 0.588 bits per heavy atom. The van der Waals surface area contributed by atoms with Gasteiger partial charge in [-0.1, -0.05) is 0 Å². The molecule has 0 amide bonds. The molecule has 0 spiro atoms. The molecule has 0 saturated carbocycles. The average molecular weight is 551 g/mol. The molecule has 0 bridgehead atoms. The molecule has 34 heavy (non-hydrogen) atoms. The first-order valence-corrected chi connectivity index (χ1v) is 14.8. The third-order valence-corrected chi connectivity index (χ3v) is 16.1. The second-order valence-corrected chi connectivity index (χ2v) is 16.1. The van der Waals surface area contributed by atoms with E-state index in [0.717, 1.165) is 0 Å². The molecule has 0 saturated heterocycles. The van der Waals surface area contributed by atoms with Crippen LogP contribution in [0.1, 0.15) is 5.56 Å². The van der Waals surface area contributed by atoms with Gasteiger partial charge in [0, 0.05) is 0 Å². The Morgan fingerprint density at radius 2 is 0.912 bits per heavy atom. The van der Waals surface area contributed by atoms with Crippen molar-refractivity contribution < 1.29 is 4.39 Å². The standard InChI is InChI=1S/C27H21Cl4FNP/c28-26(29,33-21-22-13-5-1-6-14-22)27(30,32)34(31,23-15-7-2-8-16-23,24-17-9-3-10-18-24)25-19-11-4-12-20-25/h1-21H/b33-21+. The molecule has 4 rings (SSSR count). The first-order chi connectivity index (χ1) is 16.2. The third kappa shape index (κ3) is 3.87. The number of nitrogens with zero attached hydrogens (tertiary/aromatic N) is 1. The first-order valence-electron chi connectivity index (χ1n) is 10.5. The minimum atomic E-state index is -4.76. The summed E-state index contributed by atoms with van der Waals surface area (Å²) in [7, 11) is 0. The van der Waals surface area contributed by atoms with Crippen LogP contribution in [0.5, 0.6) is 0 Å². The van der Waals surface area contributed by atoms with E-state index in [1.165, 1.54) is 6.21 Å². The summed E-state index contributed by atoms with van der Waals surface area (Å²) in [6.45, 7) is 0. The molecule has 0 radical (unpaired) electrons. The second-order valence-electron chi connectivity index (χ2n) is 7.77. The SMILES string of the molecule is FC(Cl)(C(Cl)(Cl)/N=C/c1ccccc1)P(Cl)(c1ccccc1)(c1ccccc1)c1ccccc1. The minimum absolute atomic E-state index is 0.477. The fourth-order valence-electron chi connectivity index (χ4n) is 4.08. The van der Waals surface area contributed by atoms with Crippen LogP contribution in [0.15, 0.2) is 126 Å². The zero-order chi connectivity index (χ0) is 24.3. The molecule has 0 heterocycles. The Labute approximate surface area is 218 Å². The second kappa shape index (κ2) is 9.61. The summed E-state index contributed by atoms with van der Waals surface area (Å²) >= 11 is 28.2. The van der Waals surface area contributed by atoms with E-state index < -0.39 is 15.3 Å². The fraction of sp³-hybridized carbons (Fsp3) is 0.0741. The molecular formula is C27H21Cl4FNP. The molecule has 7 heteroatoms. The van der Waals surface area contributed by atoms with Crippen molar-refractivity contribution in [2.45, 2.75) is 9.33 Å². The van der Waals surface area contributed by atoms with Gasteiger partial charge in [-0.15, -0.1) is 0 Å². The van der Waals surface area contributed by atoms with E-state index in [1.54, 1.807) is 84.9 Å². The molecule has 1 nitrogen and oxygen atoms in total. The van der Waals surface area contributed by atoms with Crippen LogP contribution in [0.4, 0.5) is 4.39 Å². The van der Waals surface area contributed by atoms with E-state index in [9.17, 15) is 0 Å². The third-order valence-electron chi connectivity index (χ3n) is 5.79. The van der Waals surface area contributed by atoms with Gasteiger partial charge in [0.25, 0.3) is 0 Å². The number of alkyl halides is 4. The normalized spacial score (nSPS) is 15.4. The Bertz CT molecular complexity index is 1170. The van der Waals surface area contributed by atoms with Gasteiger partial charge in [0.1, 0.15) is 0 Å². The Kier molecular flexibility index (Phi) is 7.11. The number of halogens is 5. The summed E-state index contributed by atoms with van der Waals surface area (Å²) in [6.07, 6.45) is 1.40. The van der Waals surface area contributed by atoms with Crippen LogP contribution >= 0.6 is 52.0 Å².